The van der Waals surface area contributed by atoms with E-state index in [1.165, 1.54) is 6.92 Å². The van der Waals surface area contributed by atoms with Crippen LogP contribution in [0.1, 0.15) is 30.9 Å². The van der Waals surface area contributed by atoms with E-state index in [-0.39, 0.29) is 17.8 Å². The van der Waals surface area contributed by atoms with E-state index in [0.717, 1.165) is 11.1 Å². The second-order valence-electron chi connectivity index (χ2n) is 7.06. The molecule has 160 valence electrons. The lowest BCUT2D eigenvalue weighted by Crippen LogP contribution is -2.46. The number of amides is 4. The Bertz CT molecular complexity index is 812. The van der Waals surface area contributed by atoms with Crippen LogP contribution in [0.15, 0.2) is 60.7 Å². The van der Waals surface area contributed by atoms with Crippen LogP contribution in [0.25, 0.3) is 0 Å². The van der Waals surface area contributed by atoms with Crippen molar-refractivity contribution in [2.75, 3.05) is 13.6 Å². The molecule has 0 bridgehead atoms. The Morgan fingerprint density at radius 1 is 0.933 bits per heavy atom. The molecular formula is C23H30N4O3. The van der Waals surface area contributed by atoms with Crippen LogP contribution < -0.4 is 16.0 Å². The number of carbonyl (C=O) groups is 3. The number of nitrogens with zero attached hydrogens (tertiary/aromatic N) is 1. The highest BCUT2D eigenvalue weighted by molar-refractivity contribution is 5.86. The van der Waals surface area contributed by atoms with Gasteiger partial charge in [0, 0.05) is 33.6 Å². The summed E-state index contributed by atoms with van der Waals surface area (Å²) in [7, 11) is 1.59. The van der Waals surface area contributed by atoms with Gasteiger partial charge in [0.25, 0.3) is 0 Å². The van der Waals surface area contributed by atoms with Crippen molar-refractivity contribution in [2.24, 2.45) is 0 Å². The first-order valence-corrected chi connectivity index (χ1v) is 10.1. The molecule has 0 spiro atoms. The molecule has 7 nitrogen and oxygen atoms in total. The van der Waals surface area contributed by atoms with Crippen molar-refractivity contribution in [3.8, 4) is 0 Å². The van der Waals surface area contributed by atoms with E-state index in [4.69, 9.17) is 0 Å². The third-order valence-electron chi connectivity index (χ3n) is 4.64. The lowest BCUT2D eigenvalue weighted by atomic mass is 10.1. The van der Waals surface area contributed by atoms with Crippen LogP contribution >= 0.6 is 0 Å². The van der Waals surface area contributed by atoms with Gasteiger partial charge in [0.05, 0.1) is 0 Å². The monoisotopic (exact) mass is 410 g/mol. The largest absolute Gasteiger partial charge is 0.350 e. The van der Waals surface area contributed by atoms with Gasteiger partial charge in [0.2, 0.25) is 11.8 Å². The summed E-state index contributed by atoms with van der Waals surface area (Å²) in [5, 5.41) is 8.24. The molecule has 0 aromatic heterocycles. The summed E-state index contributed by atoms with van der Waals surface area (Å²) in [5.41, 5.74) is 2.01. The summed E-state index contributed by atoms with van der Waals surface area (Å²) in [6.45, 7) is 2.74. The molecule has 0 unspecified atom stereocenters. The second-order valence-corrected chi connectivity index (χ2v) is 7.06. The molecule has 0 fully saturated rings. The van der Waals surface area contributed by atoms with Gasteiger partial charge in [-0.3, -0.25) is 9.59 Å². The van der Waals surface area contributed by atoms with Crippen LogP contribution in [0, 0.1) is 0 Å². The van der Waals surface area contributed by atoms with Crippen molar-refractivity contribution in [1.29, 1.82) is 0 Å². The molecule has 4 amide bonds. The maximum Gasteiger partial charge on any atom is 0.317 e. The molecule has 0 aliphatic carbocycles. The second kappa shape index (κ2) is 12.3. The fourth-order valence-corrected chi connectivity index (χ4v) is 3.12. The van der Waals surface area contributed by atoms with Gasteiger partial charge < -0.3 is 20.9 Å². The minimum Gasteiger partial charge on any atom is -0.350 e. The van der Waals surface area contributed by atoms with E-state index in [0.29, 0.717) is 32.5 Å². The van der Waals surface area contributed by atoms with E-state index in [1.807, 2.05) is 60.7 Å². The minimum absolute atomic E-state index is 0.177. The van der Waals surface area contributed by atoms with E-state index < -0.39 is 6.04 Å². The molecule has 30 heavy (non-hydrogen) atoms. The molecule has 7 heteroatoms. The van der Waals surface area contributed by atoms with Gasteiger partial charge >= 0.3 is 6.03 Å². The van der Waals surface area contributed by atoms with Crippen LogP contribution in [-0.4, -0.2) is 42.4 Å². The molecule has 0 aliphatic heterocycles. The third-order valence-corrected chi connectivity index (χ3v) is 4.64. The van der Waals surface area contributed by atoms with Crippen molar-refractivity contribution in [1.82, 2.24) is 20.9 Å². The SMILES string of the molecule is CNC(=O)N(CCC[C@H](NC(C)=O)C(=O)NCc1ccccc1)Cc1ccccc1. The average molecular weight is 411 g/mol. The zero-order valence-corrected chi connectivity index (χ0v) is 17.6. The van der Waals surface area contributed by atoms with Crippen molar-refractivity contribution in [3.63, 3.8) is 0 Å². The van der Waals surface area contributed by atoms with Crippen molar-refractivity contribution < 1.29 is 14.4 Å². The molecule has 0 radical (unpaired) electrons. The molecule has 0 heterocycles. The highest BCUT2D eigenvalue weighted by atomic mass is 16.2. The van der Waals surface area contributed by atoms with Crippen LogP contribution in [-0.2, 0) is 22.7 Å². The van der Waals surface area contributed by atoms with Gasteiger partial charge in [0.1, 0.15) is 6.04 Å². The lowest BCUT2D eigenvalue weighted by molar-refractivity contribution is -0.128. The van der Waals surface area contributed by atoms with Crippen molar-refractivity contribution >= 4 is 17.8 Å². The number of hydrogen-bond donors (Lipinski definition) is 3. The third kappa shape index (κ3) is 7.95. The predicted molar refractivity (Wildman–Crippen MR) is 116 cm³/mol. The summed E-state index contributed by atoms with van der Waals surface area (Å²) in [5.74, 6) is -0.495. The van der Waals surface area contributed by atoms with Crippen LogP contribution in [0.3, 0.4) is 0 Å². The first-order chi connectivity index (χ1) is 14.5. The zero-order chi connectivity index (χ0) is 21.8. The number of rotatable bonds is 10. The number of hydrogen-bond acceptors (Lipinski definition) is 3. The minimum atomic E-state index is -0.644. The summed E-state index contributed by atoms with van der Waals surface area (Å²) in [6, 6.07) is 18.5. The Hall–Kier alpha value is -3.35. The maximum absolute atomic E-state index is 12.6. The van der Waals surface area contributed by atoms with E-state index in [2.05, 4.69) is 16.0 Å². The first-order valence-electron chi connectivity index (χ1n) is 10.1. The maximum atomic E-state index is 12.6. The van der Waals surface area contributed by atoms with Crippen LogP contribution in [0.4, 0.5) is 4.79 Å². The van der Waals surface area contributed by atoms with Gasteiger partial charge in [-0.2, -0.15) is 0 Å². The Labute approximate surface area is 177 Å². The molecule has 2 rings (SSSR count). The van der Waals surface area contributed by atoms with Gasteiger partial charge in [0.15, 0.2) is 0 Å². The number of nitrogens with one attached hydrogen (secondary N) is 3. The Kier molecular flexibility index (Phi) is 9.37. The molecule has 0 saturated carbocycles. The molecular weight excluding hydrogens is 380 g/mol. The molecule has 0 aliphatic rings. The van der Waals surface area contributed by atoms with Gasteiger partial charge in [-0.15, -0.1) is 0 Å². The van der Waals surface area contributed by atoms with Crippen molar-refractivity contribution in [2.45, 2.75) is 38.9 Å². The Balaban J connectivity index is 1.91. The molecule has 2 aromatic rings. The zero-order valence-electron chi connectivity index (χ0n) is 17.6. The van der Waals surface area contributed by atoms with Gasteiger partial charge in [-0.05, 0) is 24.0 Å². The summed E-state index contributed by atoms with van der Waals surface area (Å²) >= 11 is 0. The molecule has 2 aromatic carbocycles. The number of urea groups is 1. The quantitative estimate of drug-likeness (QED) is 0.562. The van der Waals surface area contributed by atoms with E-state index in [1.54, 1.807) is 11.9 Å². The van der Waals surface area contributed by atoms with E-state index >= 15 is 0 Å². The predicted octanol–water partition coefficient (Wildman–Crippen LogP) is 2.43. The van der Waals surface area contributed by atoms with Gasteiger partial charge in [-0.25, -0.2) is 4.79 Å². The summed E-state index contributed by atoms with van der Waals surface area (Å²) < 4.78 is 0. The molecule has 0 saturated heterocycles. The smallest absolute Gasteiger partial charge is 0.317 e. The van der Waals surface area contributed by atoms with Crippen LogP contribution in [0.5, 0.6) is 0 Å². The molecule has 3 N–H and O–H groups in total. The normalized spacial score (nSPS) is 11.3. The average Bonchev–Trinajstić information content (AvgIpc) is 2.76. The molecule has 1 atom stereocenters. The number of benzene rings is 2. The summed E-state index contributed by atoms with van der Waals surface area (Å²) in [6.07, 6.45) is 1.01. The van der Waals surface area contributed by atoms with Crippen LogP contribution in [0.2, 0.25) is 0 Å². The lowest BCUT2D eigenvalue weighted by Gasteiger charge is -2.24. The van der Waals surface area contributed by atoms with Gasteiger partial charge in [-0.1, -0.05) is 60.7 Å². The summed E-state index contributed by atoms with van der Waals surface area (Å²) in [4.78, 5) is 38.1. The topological polar surface area (TPSA) is 90.5 Å². The Morgan fingerprint density at radius 2 is 1.53 bits per heavy atom. The fraction of sp³-hybridized carbons (Fsp3) is 0.348. The number of carbonyl (C=O) groups excluding carboxylic acids is 3. The van der Waals surface area contributed by atoms with Crippen molar-refractivity contribution in [3.05, 3.63) is 71.8 Å². The fourth-order valence-electron chi connectivity index (χ4n) is 3.12. The first kappa shape index (κ1) is 22.9. The Morgan fingerprint density at radius 3 is 2.10 bits per heavy atom. The highest BCUT2D eigenvalue weighted by Crippen LogP contribution is 2.08. The standard InChI is InChI=1S/C23H30N4O3/c1-18(28)26-21(22(29)25-16-19-10-5-3-6-11-19)14-9-15-27(23(30)24-2)17-20-12-7-4-8-13-20/h3-8,10-13,21H,9,14-17H2,1-2H3,(H,24,30)(H,25,29)(H,26,28)/t21-/m0/s1. The van der Waals surface area contributed by atoms with E-state index in [9.17, 15) is 14.4 Å². The highest BCUT2D eigenvalue weighted by Gasteiger charge is 2.20.